The van der Waals surface area contributed by atoms with Crippen LogP contribution in [0.25, 0.3) is 0 Å². The summed E-state index contributed by atoms with van der Waals surface area (Å²) in [6, 6.07) is 7.68. The molecule has 1 aromatic heterocycles. The summed E-state index contributed by atoms with van der Waals surface area (Å²) in [7, 11) is 1.89. The van der Waals surface area contributed by atoms with Crippen LogP contribution in [0, 0.1) is 11.3 Å². The summed E-state index contributed by atoms with van der Waals surface area (Å²) in [5.41, 5.74) is 3.48. The Morgan fingerprint density at radius 2 is 2.22 bits per heavy atom. The lowest BCUT2D eigenvalue weighted by atomic mass is 10.2. The molecule has 0 bridgehead atoms. The number of rotatable bonds is 3. The molecule has 2 rings (SSSR count). The molecule has 0 spiro atoms. The summed E-state index contributed by atoms with van der Waals surface area (Å²) in [5, 5.41) is 16.6. The van der Waals surface area contributed by atoms with Crippen molar-refractivity contribution >= 4 is 27.3 Å². The number of hydrogen-bond acceptors (Lipinski definition) is 3. The minimum absolute atomic E-state index is 0.619. The summed E-state index contributed by atoms with van der Waals surface area (Å²) in [5.74, 6) is 0. The Morgan fingerprint density at radius 1 is 1.44 bits per heavy atom. The minimum atomic E-state index is 0.619. The summed E-state index contributed by atoms with van der Waals surface area (Å²) in [4.78, 5) is 0. The second-order valence-corrected chi connectivity index (χ2v) is 4.90. The molecular formula is C13H13BrN4. The largest absolute Gasteiger partial charge is 0.353 e. The quantitative estimate of drug-likeness (QED) is 0.946. The van der Waals surface area contributed by atoms with Crippen molar-refractivity contribution in [1.29, 1.82) is 5.26 Å². The summed E-state index contributed by atoms with van der Waals surface area (Å²) >= 11 is 3.40. The Morgan fingerprint density at radius 3 is 2.89 bits per heavy atom. The maximum absolute atomic E-state index is 8.94. The van der Waals surface area contributed by atoms with Gasteiger partial charge < -0.3 is 5.32 Å². The van der Waals surface area contributed by atoms with Gasteiger partial charge in [-0.25, -0.2) is 0 Å². The topological polar surface area (TPSA) is 53.6 Å². The van der Waals surface area contributed by atoms with Crippen LogP contribution in [-0.4, -0.2) is 9.78 Å². The highest BCUT2D eigenvalue weighted by Crippen LogP contribution is 2.24. The smallest absolute Gasteiger partial charge is 0.0992 e. The van der Waals surface area contributed by atoms with Gasteiger partial charge in [-0.3, -0.25) is 4.68 Å². The van der Waals surface area contributed by atoms with Crippen LogP contribution in [0.4, 0.5) is 11.4 Å². The Labute approximate surface area is 114 Å². The van der Waals surface area contributed by atoms with Crippen molar-refractivity contribution in [3.8, 4) is 6.07 Å². The number of aryl methyl sites for hydroxylation is 2. The predicted molar refractivity (Wildman–Crippen MR) is 74.7 cm³/mol. The standard InChI is InChI=1S/C13H13BrN4/c1-3-12-13(8-18(2)17-12)16-11-5-9(7-15)4-10(14)6-11/h4-6,8,16H,3H2,1-2H3. The highest BCUT2D eigenvalue weighted by molar-refractivity contribution is 9.10. The number of halogens is 1. The molecule has 0 unspecified atom stereocenters. The number of nitrogens with zero attached hydrogens (tertiary/aromatic N) is 3. The zero-order valence-corrected chi connectivity index (χ0v) is 11.8. The van der Waals surface area contributed by atoms with Crippen LogP contribution in [0.5, 0.6) is 0 Å². The lowest BCUT2D eigenvalue weighted by Crippen LogP contribution is -1.94. The van der Waals surface area contributed by atoms with Crippen LogP contribution < -0.4 is 5.32 Å². The predicted octanol–water partition coefficient (Wildman–Crippen LogP) is 3.36. The van der Waals surface area contributed by atoms with Gasteiger partial charge in [0.05, 0.1) is 23.0 Å². The number of anilines is 2. The van der Waals surface area contributed by atoms with Gasteiger partial charge in [0.2, 0.25) is 0 Å². The second kappa shape index (κ2) is 5.23. The fourth-order valence-corrected chi connectivity index (χ4v) is 2.28. The van der Waals surface area contributed by atoms with Gasteiger partial charge in [-0.15, -0.1) is 0 Å². The van der Waals surface area contributed by atoms with Crippen LogP contribution >= 0.6 is 15.9 Å². The molecule has 0 atom stereocenters. The lowest BCUT2D eigenvalue weighted by molar-refractivity contribution is 0.746. The van der Waals surface area contributed by atoms with Gasteiger partial charge in [0.15, 0.2) is 0 Å². The van der Waals surface area contributed by atoms with Gasteiger partial charge in [0, 0.05) is 23.4 Å². The molecule has 4 nitrogen and oxygen atoms in total. The van der Waals surface area contributed by atoms with Crippen LogP contribution in [0.2, 0.25) is 0 Å². The van der Waals surface area contributed by atoms with E-state index in [1.54, 1.807) is 10.7 Å². The molecule has 92 valence electrons. The number of hydrogen-bond donors (Lipinski definition) is 1. The molecule has 0 fully saturated rings. The molecule has 1 heterocycles. The number of benzene rings is 1. The molecule has 0 aliphatic rings. The van der Waals surface area contributed by atoms with E-state index in [9.17, 15) is 0 Å². The third-order valence-corrected chi connectivity index (χ3v) is 3.00. The van der Waals surface area contributed by atoms with E-state index in [0.717, 1.165) is 28.0 Å². The van der Waals surface area contributed by atoms with E-state index >= 15 is 0 Å². The summed E-state index contributed by atoms with van der Waals surface area (Å²) in [6.07, 6.45) is 2.80. The Balaban J connectivity index is 2.34. The minimum Gasteiger partial charge on any atom is -0.353 e. The van der Waals surface area contributed by atoms with Gasteiger partial charge in [-0.2, -0.15) is 10.4 Å². The zero-order chi connectivity index (χ0) is 13.1. The van der Waals surface area contributed by atoms with Crippen molar-refractivity contribution in [3.05, 3.63) is 40.1 Å². The zero-order valence-electron chi connectivity index (χ0n) is 10.2. The normalized spacial score (nSPS) is 10.1. The van der Waals surface area contributed by atoms with Gasteiger partial charge >= 0.3 is 0 Å². The third kappa shape index (κ3) is 2.71. The van der Waals surface area contributed by atoms with E-state index < -0.39 is 0 Å². The van der Waals surface area contributed by atoms with Crippen LogP contribution in [0.1, 0.15) is 18.2 Å². The lowest BCUT2D eigenvalue weighted by Gasteiger charge is -2.06. The summed E-state index contributed by atoms with van der Waals surface area (Å²) in [6.45, 7) is 2.06. The molecule has 0 aliphatic carbocycles. The molecule has 5 heteroatoms. The van der Waals surface area contributed by atoms with Crippen molar-refractivity contribution < 1.29 is 0 Å². The first kappa shape index (κ1) is 12.7. The number of aromatic nitrogens is 2. The van der Waals surface area contributed by atoms with E-state index in [1.807, 2.05) is 25.4 Å². The molecule has 0 saturated heterocycles. The van der Waals surface area contributed by atoms with E-state index in [2.05, 4.69) is 39.3 Å². The summed E-state index contributed by atoms with van der Waals surface area (Å²) < 4.78 is 2.66. The molecule has 0 saturated carbocycles. The highest BCUT2D eigenvalue weighted by atomic mass is 79.9. The van der Waals surface area contributed by atoms with Crippen molar-refractivity contribution in [1.82, 2.24) is 9.78 Å². The Hall–Kier alpha value is -1.80. The Kier molecular flexibility index (Phi) is 3.68. The molecular weight excluding hydrogens is 292 g/mol. The molecule has 0 radical (unpaired) electrons. The molecule has 0 aliphatic heterocycles. The first-order chi connectivity index (χ1) is 8.62. The van der Waals surface area contributed by atoms with Crippen molar-refractivity contribution in [2.24, 2.45) is 7.05 Å². The van der Waals surface area contributed by atoms with E-state index in [0.29, 0.717) is 5.56 Å². The maximum Gasteiger partial charge on any atom is 0.0992 e. The first-order valence-electron chi connectivity index (χ1n) is 5.62. The average molecular weight is 305 g/mol. The van der Waals surface area contributed by atoms with E-state index in [4.69, 9.17) is 5.26 Å². The number of nitrogens with one attached hydrogen (secondary N) is 1. The van der Waals surface area contributed by atoms with Crippen molar-refractivity contribution in [3.63, 3.8) is 0 Å². The first-order valence-corrected chi connectivity index (χ1v) is 6.42. The van der Waals surface area contributed by atoms with Gasteiger partial charge in [-0.05, 0) is 24.6 Å². The molecule has 2 aromatic rings. The molecule has 18 heavy (non-hydrogen) atoms. The van der Waals surface area contributed by atoms with Crippen LogP contribution in [0.3, 0.4) is 0 Å². The SMILES string of the molecule is CCc1nn(C)cc1Nc1cc(Br)cc(C#N)c1. The fraction of sp³-hybridized carbons (Fsp3) is 0.231. The van der Waals surface area contributed by atoms with Crippen LogP contribution in [0.15, 0.2) is 28.9 Å². The monoisotopic (exact) mass is 304 g/mol. The van der Waals surface area contributed by atoms with Crippen molar-refractivity contribution in [2.75, 3.05) is 5.32 Å². The highest BCUT2D eigenvalue weighted by Gasteiger charge is 2.07. The van der Waals surface area contributed by atoms with Crippen LogP contribution in [-0.2, 0) is 13.5 Å². The average Bonchev–Trinajstić information content (AvgIpc) is 2.68. The van der Waals surface area contributed by atoms with Gasteiger partial charge in [-0.1, -0.05) is 22.9 Å². The Bertz CT molecular complexity index is 610. The molecule has 1 aromatic carbocycles. The maximum atomic E-state index is 8.94. The fourth-order valence-electron chi connectivity index (χ4n) is 1.78. The molecule has 1 N–H and O–H groups in total. The van der Waals surface area contributed by atoms with Gasteiger partial charge in [0.25, 0.3) is 0 Å². The molecule has 0 amide bonds. The van der Waals surface area contributed by atoms with Gasteiger partial charge in [0.1, 0.15) is 0 Å². The van der Waals surface area contributed by atoms with E-state index in [1.165, 1.54) is 0 Å². The number of nitriles is 1. The van der Waals surface area contributed by atoms with E-state index in [-0.39, 0.29) is 0 Å². The van der Waals surface area contributed by atoms with Crippen molar-refractivity contribution in [2.45, 2.75) is 13.3 Å². The second-order valence-electron chi connectivity index (χ2n) is 3.98. The third-order valence-electron chi connectivity index (χ3n) is 2.55.